The standard InChI is InChI=1S/C16H17BrN2O2/c1-21-15-7-5-12(6-8-15)10-18-11-16(20)19-14-4-2-3-13(17)9-14/h2-9,18H,10-11H2,1H3,(H,19,20). The molecule has 21 heavy (non-hydrogen) atoms. The Hall–Kier alpha value is -1.85. The fraction of sp³-hybridized carbons (Fsp3) is 0.188. The van der Waals surface area contributed by atoms with Crippen molar-refractivity contribution in [3.05, 3.63) is 58.6 Å². The Morgan fingerprint density at radius 2 is 1.95 bits per heavy atom. The van der Waals surface area contributed by atoms with Crippen LogP contribution in [0.25, 0.3) is 0 Å². The van der Waals surface area contributed by atoms with E-state index in [0.717, 1.165) is 21.5 Å². The molecule has 0 unspecified atom stereocenters. The molecule has 0 radical (unpaired) electrons. The summed E-state index contributed by atoms with van der Waals surface area (Å²) in [5, 5.41) is 5.95. The van der Waals surface area contributed by atoms with Crippen LogP contribution in [0.1, 0.15) is 5.56 Å². The Balaban J connectivity index is 1.76. The Morgan fingerprint density at radius 1 is 1.19 bits per heavy atom. The number of benzene rings is 2. The molecule has 4 nitrogen and oxygen atoms in total. The maximum Gasteiger partial charge on any atom is 0.238 e. The Morgan fingerprint density at radius 3 is 2.62 bits per heavy atom. The van der Waals surface area contributed by atoms with E-state index in [0.29, 0.717) is 6.54 Å². The van der Waals surface area contributed by atoms with E-state index in [2.05, 4.69) is 26.6 Å². The van der Waals surface area contributed by atoms with Gasteiger partial charge in [0.15, 0.2) is 0 Å². The van der Waals surface area contributed by atoms with Gasteiger partial charge in [0.2, 0.25) is 5.91 Å². The molecule has 110 valence electrons. The minimum atomic E-state index is -0.0680. The van der Waals surface area contributed by atoms with E-state index in [-0.39, 0.29) is 12.5 Å². The highest BCUT2D eigenvalue weighted by molar-refractivity contribution is 9.10. The summed E-state index contributed by atoms with van der Waals surface area (Å²) in [5.41, 5.74) is 1.88. The summed E-state index contributed by atoms with van der Waals surface area (Å²) in [6.07, 6.45) is 0. The first-order chi connectivity index (χ1) is 10.2. The number of amides is 1. The molecule has 0 saturated heterocycles. The van der Waals surface area contributed by atoms with Gasteiger partial charge in [0, 0.05) is 16.7 Å². The van der Waals surface area contributed by atoms with Gasteiger partial charge in [-0.1, -0.05) is 34.1 Å². The first-order valence-corrected chi connectivity index (χ1v) is 7.36. The van der Waals surface area contributed by atoms with Crippen molar-refractivity contribution in [2.24, 2.45) is 0 Å². The lowest BCUT2D eigenvalue weighted by atomic mass is 10.2. The van der Waals surface area contributed by atoms with Crippen molar-refractivity contribution in [1.29, 1.82) is 0 Å². The Kier molecular flexibility index (Phi) is 5.78. The van der Waals surface area contributed by atoms with E-state index in [1.165, 1.54) is 0 Å². The second-order valence-corrected chi connectivity index (χ2v) is 5.43. The summed E-state index contributed by atoms with van der Waals surface area (Å²) < 4.78 is 6.04. The lowest BCUT2D eigenvalue weighted by Gasteiger charge is -2.07. The van der Waals surface area contributed by atoms with Gasteiger partial charge in [-0.05, 0) is 35.9 Å². The van der Waals surface area contributed by atoms with Crippen molar-refractivity contribution in [3.63, 3.8) is 0 Å². The van der Waals surface area contributed by atoms with Crippen LogP contribution in [-0.2, 0) is 11.3 Å². The van der Waals surface area contributed by atoms with Gasteiger partial charge in [0.25, 0.3) is 0 Å². The number of hydrogen-bond donors (Lipinski definition) is 2. The summed E-state index contributed by atoms with van der Waals surface area (Å²) in [7, 11) is 1.64. The van der Waals surface area contributed by atoms with E-state index in [4.69, 9.17) is 4.74 Å². The van der Waals surface area contributed by atoms with Gasteiger partial charge in [0.05, 0.1) is 13.7 Å². The highest BCUT2D eigenvalue weighted by Crippen LogP contribution is 2.15. The number of carbonyl (C=O) groups excluding carboxylic acids is 1. The third-order valence-corrected chi connectivity index (χ3v) is 3.38. The number of nitrogens with one attached hydrogen (secondary N) is 2. The van der Waals surface area contributed by atoms with E-state index < -0.39 is 0 Å². The highest BCUT2D eigenvalue weighted by Gasteiger charge is 2.02. The topological polar surface area (TPSA) is 50.4 Å². The van der Waals surface area contributed by atoms with Crippen LogP contribution in [0.5, 0.6) is 5.75 Å². The molecule has 0 saturated carbocycles. The van der Waals surface area contributed by atoms with Gasteiger partial charge in [-0.3, -0.25) is 4.79 Å². The van der Waals surface area contributed by atoms with Crippen LogP contribution in [-0.4, -0.2) is 19.6 Å². The van der Waals surface area contributed by atoms with Gasteiger partial charge < -0.3 is 15.4 Å². The molecule has 0 aliphatic rings. The monoisotopic (exact) mass is 348 g/mol. The second kappa shape index (κ2) is 7.81. The average Bonchev–Trinajstić information content (AvgIpc) is 2.48. The predicted octanol–water partition coefficient (Wildman–Crippen LogP) is 3.19. The lowest BCUT2D eigenvalue weighted by molar-refractivity contribution is -0.115. The molecule has 0 atom stereocenters. The van der Waals surface area contributed by atoms with E-state index >= 15 is 0 Å². The molecule has 0 aliphatic carbocycles. The molecule has 2 rings (SSSR count). The first kappa shape index (κ1) is 15.5. The number of hydrogen-bond acceptors (Lipinski definition) is 3. The van der Waals surface area contributed by atoms with Crippen LogP contribution in [0.4, 0.5) is 5.69 Å². The minimum absolute atomic E-state index is 0.0680. The maximum absolute atomic E-state index is 11.8. The largest absolute Gasteiger partial charge is 0.497 e. The van der Waals surface area contributed by atoms with E-state index in [1.54, 1.807) is 7.11 Å². The van der Waals surface area contributed by atoms with Gasteiger partial charge in [0.1, 0.15) is 5.75 Å². The fourth-order valence-corrected chi connectivity index (χ4v) is 2.23. The molecule has 2 aromatic carbocycles. The third-order valence-electron chi connectivity index (χ3n) is 2.88. The number of rotatable bonds is 6. The molecule has 0 bridgehead atoms. The van der Waals surface area contributed by atoms with Gasteiger partial charge in [-0.2, -0.15) is 0 Å². The summed E-state index contributed by atoms with van der Waals surface area (Å²) in [4.78, 5) is 11.8. The lowest BCUT2D eigenvalue weighted by Crippen LogP contribution is -2.27. The average molecular weight is 349 g/mol. The second-order valence-electron chi connectivity index (χ2n) is 4.51. The van der Waals surface area contributed by atoms with Crippen LogP contribution >= 0.6 is 15.9 Å². The molecule has 2 N–H and O–H groups in total. The van der Waals surface area contributed by atoms with Crippen molar-refractivity contribution in [3.8, 4) is 5.75 Å². The van der Waals surface area contributed by atoms with Crippen LogP contribution < -0.4 is 15.4 Å². The van der Waals surface area contributed by atoms with Crippen molar-refractivity contribution < 1.29 is 9.53 Å². The zero-order chi connectivity index (χ0) is 15.1. The third kappa shape index (κ3) is 5.21. The summed E-state index contributed by atoms with van der Waals surface area (Å²) >= 11 is 3.37. The normalized spacial score (nSPS) is 10.2. The number of anilines is 1. The molecular formula is C16H17BrN2O2. The number of halogens is 1. The number of ether oxygens (including phenoxy) is 1. The van der Waals surface area contributed by atoms with Gasteiger partial charge in [-0.15, -0.1) is 0 Å². The maximum atomic E-state index is 11.8. The Labute approximate surface area is 132 Å². The molecule has 0 fully saturated rings. The smallest absolute Gasteiger partial charge is 0.238 e. The van der Waals surface area contributed by atoms with Crippen molar-refractivity contribution in [2.75, 3.05) is 19.0 Å². The quantitative estimate of drug-likeness (QED) is 0.842. The summed E-state index contributed by atoms with van der Waals surface area (Å²) in [6.45, 7) is 0.897. The van der Waals surface area contributed by atoms with Crippen molar-refractivity contribution in [1.82, 2.24) is 5.32 Å². The molecular weight excluding hydrogens is 332 g/mol. The minimum Gasteiger partial charge on any atom is -0.497 e. The molecule has 0 aromatic heterocycles. The van der Waals surface area contributed by atoms with Crippen LogP contribution in [0.3, 0.4) is 0 Å². The van der Waals surface area contributed by atoms with Crippen LogP contribution in [0.2, 0.25) is 0 Å². The fourth-order valence-electron chi connectivity index (χ4n) is 1.84. The predicted molar refractivity (Wildman–Crippen MR) is 87.5 cm³/mol. The van der Waals surface area contributed by atoms with E-state index in [9.17, 15) is 4.79 Å². The molecule has 5 heteroatoms. The van der Waals surface area contributed by atoms with Crippen molar-refractivity contribution >= 4 is 27.5 Å². The summed E-state index contributed by atoms with van der Waals surface area (Å²) in [5.74, 6) is 0.757. The first-order valence-electron chi connectivity index (χ1n) is 6.56. The zero-order valence-corrected chi connectivity index (χ0v) is 13.3. The number of carbonyl (C=O) groups is 1. The number of methoxy groups -OCH3 is 1. The molecule has 2 aromatic rings. The van der Waals surface area contributed by atoms with Crippen LogP contribution in [0, 0.1) is 0 Å². The van der Waals surface area contributed by atoms with Crippen molar-refractivity contribution in [2.45, 2.75) is 6.54 Å². The SMILES string of the molecule is COc1ccc(CNCC(=O)Nc2cccc(Br)c2)cc1. The molecule has 1 amide bonds. The van der Waals surface area contributed by atoms with Crippen LogP contribution in [0.15, 0.2) is 53.0 Å². The van der Waals surface area contributed by atoms with Gasteiger partial charge >= 0.3 is 0 Å². The molecule has 0 heterocycles. The molecule has 0 aliphatic heterocycles. The molecule has 0 spiro atoms. The van der Waals surface area contributed by atoms with E-state index in [1.807, 2.05) is 48.5 Å². The highest BCUT2D eigenvalue weighted by atomic mass is 79.9. The summed E-state index contributed by atoms with van der Waals surface area (Å²) in [6, 6.07) is 15.3. The zero-order valence-electron chi connectivity index (χ0n) is 11.7. The van der Waals surface area contributed by atoms with Gasteiger partial charge in [-0.25, -0.2) is 0 Å². The Bertz CT molecular complexity index is 599.